The van der Waals surface area contributed by atoms with Gasteiger partial charge in [-0.05, 0) is 12.1 Å². The van der Waals surface area contributed by atoms with Crippen LogP contribution in [0, 0.1) is 0 Å². The van der Waals surface area contributed by atoms with Crippen LogP contribution in [-0.4, -0.2) is 45.2 Å². The number of hydrogen-bond donors (Lipinski definition) is 2. The van der Waals surface area contributed by atoms with E-state index in [1.54, 1.807) is 30.3 Å². The first-order chi connectivity index (χ1) is 8.63. The molecule has 1 aromatic carbocycles. The number of halogens is 1. The predicted molar refractivity (Wildman–Crippen MR) is 71.4 cm³/mol. The summed E-state index contributed by atoms with van der Waals surface area (Å²) in [6.07, 6.45) is -3.86. The predicted octanol–water partition coefficient (Wildman–Crippen LogP) is 0.725. The third-order valence-electron chi connectivity index (χ3n) is 2.71. The Labute approximate surface area is 118 Å². The molecule has 1 fully saturated rings. The van der Waals surface area contributed by atoms with Gasteiger partial charge in [-0.2, -0.15) is 0 Å². The summed E-state index contributed by atoms with van der Waals surface area (Å²) in [6, 6.07) is 8.49. The average molecular weight is 364 g/mol. The second-order valence-electron chi connectivity index (χ2n) is 3.95. The van der Waals surface area contributed by atoms with Gasteiger partial charge in [-0.3, -0.25) is 0 Å². The van der Waals surface area contributed by atoms with Gasteiger partial charge in [-0.15, -0.1) is 0 Å². The molecule has 2 N–H and O–H groups in total. The summed E-state index contributed by atoms with van der Waals surface area (Å²) in [7, 11) is 0. The zero-order chi connectivity index (χ0) is 13.1. The molecule has 1 aliphatic heterocycles. The lowest BCUT2D eigenvalue weighted by Crippen LogP contribution is -2.37. The van der Waals surface area contributed by atoms with E-state index in [-0.39, 0.29) is 0 Å². The largest absolute Gasteiger partial charge is 0.453 e. The van der Waals surface area contributed by atoms with Gasteiger partial charge in [0.1, 0.15) is 12.2 Å². The molecule has 0 bridgehead atoms. The van der Waals surface area contributed by atoms with Crippen LogP contribution in [0.15, 0.2) is 30.3 Å². The van der Waals surface area contributed by atoms with Crippen molar-refractivity contribution in [1.82, 2.24) is 0 Å². The highest BCUT2D eigenvalue weighted by Crippen LogP contribution is 2.25. The van der Waals surface area contributed by atoms with Gasteiger partial charge in [0.25, 0.3) is 0 Å². The number of hydrogen-bond acceptors (Lipinski definition) is 5. The lowest BCUT2D eigenvalue weighted by molar-refractivity contribution is -0.123. The highest BCUT2D eigenvalue weighted by Gasteiger charge is 2.45. The van der Waals surface area contributed by atoms with Gasteiger partial charge in [0.15, 0.2) is 12.4 Å². The number of benzene rings is 1. The fourth-order valence-electron chi connectivity index (χ4n) is 1.75. The van der Waals surface area contributed by atoms with Crippen molar-refractivity contribution in [3.8, 4) is 0 Å². The van der Waals surface area contributed by atoms with Gasteiger partial charge in [0, 0.05) is 4.43 Å². The minimum atomic E-state index is -1.31. The third kappa shape index (κ3) is 2.82. The Morgan fingerprint density at radius 1 is 1.33 bits per heavy atom. The van der Waals surface area contributed by atoms with Crippen LogP contribution in [0.3, 0.4) is 0 Å². The van der Waals surface area contributed by atoms with Crippen molar-refractivity contribution in [3.05, 3.63) is 35.9 Å². The summed E-state index contributed by atoms with van der Waals surface area (Å²) < 4.78 is 10.8. The molecule has 1 heterocycles. The van der Waals surface area contributed by atoms with Crippen LogP contribution in [0.5, 0.6) is 0 Å². The van der Waals surface area contributed by atoms with E-state index in [2.05, 4.69) is 0 Å². The van der Waals surface area contributed by atoms with Crippen molar-refractivity contribution >= 4 is 28.6 Å². The molecule has 0 aliphatic carbocycles. The number of alkyl halides is 1. The van der Waals surface area contributed by atoms with Crippen LogP contribution < -0.4 is 0 Å². The normalized spacial score (nSPS) is 31.3. The molecular formula is C12H13IO5. The van der Waals surface area contributed by atoms with Gasteiger partial charge in [-0.1, -0.05) is 40.8 Å². The van der Waals surface area contributed by atoms with E-state index in [9.17, 15) is 15.0 Å². The molecule has 98 valence electrons. The zero-order valence-corrected chi connectivity index (χ0v) is 11.6. The Kier molecular flexibility index (Phi) is 4.55. The lowest BCUT2D eigenvalue weighted by Gasteiger charge is -2.18. The maximum atomic E-state index is 11.8. The van der Waals surface area contributed by atoms with Crippen molar-refractivity contribution in [2.45, 2.75) is 24.6 Å². The summed E-state index contributed by atoms with van der Waals surface area (Å²) >= 11 is 2.05. The molecule has 0 radical (unpaired) electrons. The van der Waals surface area contributed by atoms with Crippen molar-refractivity contribution in [2.75, 3.05) is 4.43 Å². The van der Waals surface area contributed by atoms with Crippen LogP contribution in [0.4, 0.5) is 0 Å². The monoisotopic (exact) mass is 364 g/mol. The van der Waals surface area contributed by atoms with E-state index in [1.165, 1.54) is 0 Å². The Morgan fingerprint density at radius 2 is 2.00 bits per heavy atom. The van der Waals surface area contributed by atoms with Gasteiger partial charge >= 0.3 is 5.97 Å². The molecule has 1 aromatic rings. The number of esters is 1. The Hall–Kier alpha value is -0.700. The van der Waals surface area contributed by atoms with Gasteiger partial charge < -0.3 is 19.7 Å². The molecule has 1 aliphatic rings. The molecule has 0 aromatic heterocycles. The first kappa shape index (κ1) is 13.7. The standard InChI is InChI=1S/C12H13IO5/c13-6-8-10(9(14)12(16)17-8)18-11(15)7-4-2-1-3-5-7/h1-5,8-10,12,14,16H,6H2/t8-,9-,10-,12+/m1/s1. The fraction of sp³-hybridized carbons (Fsp3) is 0.417. The molecular weight excluding hydrogens is 351 g/mol. The molecule has 6 heteroatoms. The molecule has 0 saturated carbocycles. The second-order valence-corrected chi connectivity index (χ2v) is 4.83. The average Bonchev–Trinajstić information content (AvgIpc) is 2.67. The van der Waals surface area contributed by atoms with Crippen molar-refractivity contribution in [3.63, 3.8) is 0 Å². The third-order valence-corrected chi connectivity index (χ3v) is 3.58. The van der Waals surface area contributed by atoms with Gasteiger partial charge in [0.2, 0.25) is 0 Å². The quantitative estimate of drug-likeness (QED) is 0.470. The fourth-order valence-corrected chi connectivity index (χ4v) is 2.46. The minimum absolute atomic E-state index is 0.401. The van der Waals surface area contributed by atoms with Crippen LogP contribution in [-0.2, 0) is 9.47 Å². The molecule has 2 rings (SSSR count). The number of ether oxygens (including phenoxy) is 2. The number of carbonyl (C=O) groups excluding carboxylic acids is 1. The van der Waals surface area contributed by atoms with E-state index < -0.39 is 30.6 Å². The number of aliphatic hydroxyl groups excluding tert-OH is 2. The number of carbonyl (C=O) groups is 1. The van der Waals surface area contributed by atoms with E-state index in [4.69, 9.17) is 9.47 Å². The van der Waals surface area contributed by atoms with E-state index >= 15 is 0 Å². The van der Waals surface area contributed by atoms with Crippen molar-refractivity contribution < 1.29 is 24.5 Å². The van der Waals surface area contributed by atoms with Crippen molar-refractivity contribution in [2.24, 2.45) is 0 Å². The van der Waals surface area contributed by atoms with Crippen LogP contribution in [0.2, 0.25) is 0 Å². The molecule has 4 atom stereocenters. The summed E-state index contributed by atoms with van der Waals surface area (Å²) in [5.74, 6) is -0.535. The minimum Gasteiger partial charge on any atom is -0.453 e. The van der Waals surface area contributed by atoms with Crippen LogP contribution in [0.25, 0.3) is 0 Å². The smallest absolute Gasteiger partial charge is 0.338 e. The SMILES string of the molecule is O=C(O[C@H]1[C@@H](O)[C@@H](O)O[C@@H]1CI)c1ccccc1. The Morgan fingerprint density at radius 3 is 2.61 bits per heavy atom. The Balaban J connectivity index is 2.06. The van der Waals surface area contributed by atoms with Crippen molar-refractivity contribution in [1.29, 1.82) is 0 Å². The highest BCUT2D eigenvalue weighted by atomic mass is 127. The second kappa shape index (κ2) is 5.96. The molecule has 18 heavy (non-hydrogen) atoms. The highest BCUT2D eigenvalue weighted by molar-refractivity contribution is 14.1. The first-order valence-electron chi connectivity index (χ1n) is 5.47. The summed E-state index contributed by atoms with van der Waals surface area (Å²) in [6.45, 7) is 0. The van der Waals surface area contributed by atoms with Crippen LogP contribution in [0.1, 0.15) is 10.4 Å². The van der Waals surface area contributed by atoms with E-state index in [1.807, 2.05) is 22.6 Å². The molecule has 5 nitrogen and oxygen atoms in total. The number of aliphatic hydroxyl groups is 2. The molecule has 0 unspecified atom stereocenters. The topological polar surface area (TPSA) is 76.0 Å². The lowest BCUT2D eigenvalue weighted by atomic mass is 10.1. The van der Waals surface area contributed by atoms with Gasteiger partial charge in [0.05, 0.1) is 5.56 Å². The summed E-state index contributed by atoms with van der Waals surface area (Å²) in [5, 5.41) is 19.1. The van der Waals surface area contributed by atoms with E-state index in [0.717, 1.165) is 0 Å². The summed E-state index contributed by atoms with van der Waals surface area (Å²) in [4.78, 5) is 11.8. The first-order valence-corrected chi connectivity index (χ1v) is 6.99. The van der Waals surface area contributed by atoms with E-state index in [0.29, 0.717) is 9.99 Å². The molecule has 1 saturated heterocycles. The van der Waals surface area contributed by atoms with Crippen LogP contribution >= 0.6 is 22.6 Å². The maximum absolute atomic E-state index is 11.8. The number of rotatable bonds is 3. The Bertz CT molecular complexity index is 410. The zero-order valence-electron chi connectivity index (χ0n) is 9.40. The molecule has 0 amide bonds. The van der Waals surface area contributed by atoms with Gasteiger partial charge in [-0.25, -0.2) is 4.79 Å². The summed E-state index contributed by atoms with van der Waals surface area (Å²) in [5.41, 5.74) is 0.401. The maximum Gasteiger partial charge on any atom is 0.338 e. The molecule has 0 spiro atoms.